The predicted octanol–water partition coefficient (Wildman–Crippen LogP) is 5.88. The van der Waals surface area contributed by atoms with Crippen molar-refractivity contribution < 1.29 is 0 Å². The van der Waals surface area contributed by atoms with E-state index in [2.05, 4.69) is 68.7 Å². The number of anilines is 1. The molecule has 0 N–H and O–H groups in total. The first-order valence-corrected chi connectivity index (χ1v) is 7.26. The molecule has 19 heavy (non-hydrogen) atoms. The quantitative estimate of drug-likeness (QED) is 0.562. The van der Waals surface area contributed by atoms with Crippen LogP contribution < -0.4 is 4.90 Å². The second-order valence-corrected chi connectivity index (χ2v) is 4.89. The van der Waals surface area contributed by atoms with Crippen LogP contribution in [0.1, 0.15) is 54.0 Å². The Labute approximate surface area is 119 Å². The summed E-state index contributed by atoms with van der Waals surface area (Å²) in [6.45, 7) is 18.7. The molecular weight excluding hydrogens is 230 g/mol. The van der Waals surface area contributed by atoms with Crippen molar-refractivity contribution in [2.45, 2.75) is 54.0 Å². The standard InChI is InChI=1S/C14H17N.2C2H6/c1-11-9-10-12-7-5-6-8-13(12)15(11)14(2,3)4;2*1-2/h5-10H,1H2,2-4H3;2*1-2H3. The molecular formula is C18H29N. The molecule has 0 bridgehead atoms. The highest BCUT2D eigenvalue weighted by Crippen LogP contribution is 2.35. The van der Waals surface area contributed by atoms with Crippen molar-refractivity contribution >= 4 is 11.8 Å². The number of rotatable bonds is 0. The van der Waals surface area contributed by atoms with E-state index in [1.165, 1.54) is 11.3 Å². The molecule has 0 aliphatic carbocycles. The van der Waals surface area contributed by atoms with E-state index in [4.69, 9.17) is 0 Å². The normalized spacial score (nSPS) is 12.8. The monoisotopic (exact) mass is 259 g/mol. The second-order valence-electron chi connectivity index (χ2n) is 4.89. The Morgan fingerprint density at radius 3 is 1.95 bits per heavy atom. The second kappa shape index (κ2) is 7.83. The van der Waals surface area contributed by atoms with Gasteiger partial charge in [-0.1, -0.05) is 58.5 Å². The minimum atomic E-state index is 0.0674. The van der Waals surface area contributed by atoms with Crippen molar-refractivity contribution in [1.29, 1.82) is 0 Å². The zero-order chi connectivity index (χ0) is 15.1. The highest BCUT2D eigenvalue weighted by atomic mass is 15.2. The van der Waals surface area contributed by atoms with Gasteiger partial charge in [0.25, 0.3) is 0 Å². The molecule has 0 saturated carbocycles. The van der Waals surface area contributed by atoms with Gasteiger partial charge >= 0.3 is 0 Å². The van der Waals surface area contributed by atoms with Crippen LogP contribution in [0.3, 0.4) is 0 Å². The molecule has 0 saturated heterocycles. The Hall–Kier alpha value is -1.50. The summed E-state index contributed by atoms with van der Waals surface area (Å²) in [5, 5.41) is 0. The molecule has 106 valence electrons. The van der Waals surface area contributed by atoms with Crippen molar-refractivity contribution in [3.63, 3.8) is 0 Å². The molecule has 1 aliphatic rings. The molecule has 0 spiro atoms. The molecule has 2 rings (SSSR count). The first-order chi connectivity index (χ1) is 9.00. The summed E-state index contributed by atoms with van der Waals surface area (Å²) in [4.78, 5) is 2.28. The SMILES string of the molecule is C=C1C=Cc2ccccc2N1C(C)(C)C.CC.CC. The molecule has 0 atom stereocenters. The maximum atomic E-state index is 4.10. The van der Waals surface area contributed by atoms with Gasteiger partial charge < -0.3 is 4.90 Å². The highest BCUT2D eigenvalue weighted by molar-refractivity contribution is 5.76. The van der Waals surface area contributed by atoms with Crippen molar-refractivity contribution in [2.24, 2.45) is 0 Å². The summed E-state index contributed by atoms with van der Waals surface area (Å²) in [6.07, 6.45) is 4.20. The maximum Gasteiger partial charge on any atom is 0.0489 e. The van der Waals surface area contributed by atoms with Crippen LogP contribution in [0, 0.1) is 0 Å². The van der Waals surface area contributed by atoms with Gasteiger partial charge in [-0.25, -0.2) is 0 Å². The van der Waals surface area contributed by atoms with Crippen LogP contribution in [-0.2, 0) is 0 Å². The molecule has 0 fully saturated rings. The number of hydrogen-bond donors (Lipinski definition) is 0. The minimum Gasteiger partial charge on any atom is -0.336 e. The average molecular weight is 259 g/mol. The molecule has 1 nitrogen and oxygen atoms in total. The summed E-state index contributed by atoms with van der Waals surface area (Å²) in [7, 11) is 0. The van der Waals surface area contributed by atoms with Gasteiger partial charge in [-0.3, -0.25) is 0 Å². The van der Waals surface area contributed by atoms with E-state index in [0.717, 1.165) is 5.70 Å². The Bertz CT molecular complexity index is 422. The van der Waals surface area contributed by atoms with Crippen LogP contribution in [0.5, 0.6) is 0 Å². The largest absolute Gasteiger partial charge is 0.336 e. The molecule has 1 aromatic carbocycles. The van der Waals surface area contributed by atoms with Gasteiger partial charge in [0.2, 0.25) is 0 Å². The molecule has 1 heterocycles. The third-order valence-electron chi connectivity index (χ3n) is 2.59. The van der Waals surface area contributed by atoms with E-state index < -0.39 is 0 Å². The molecule has 0 unspecified atom stereocenters. The number of nitrogens with zero attached hydrogens (tertiary/aromatic N) is 1. The number of allylic oxidation sites excluding steroid dienone is 1. The van der Waals surface area contributed by atoms with E-state index in [1.807, 2.05) is 27.7 Å². The summed E-state index contributed by atoms with van der Waals surface area (Å²) < 4.78 is 0. The lowest BCUT2D eigenvalue weighted by molar-refractivity contribution is 0.545. The lowest BCUT2D eigenvalue weighted by atomic mass is 9.98. The Kier molecular flexibility index (Phi) is 7.21. The Morgan fingerprint density at radius 1 is 0.895 bits per heavy atom. The predicted molar refractivity (Wildman–Crippen MR) is 89.5 cm³/mol. The minimum absolute atomic E-state index is 0.0674. The lowest BCUT2D eigenvalue weighted by Crippen LogP contribution is -2.41. The van der Waals surface area contributed by atoms with Crippen LogP contribution in [-0.4, -0.2) is 5.54 Å². The third kappa shape index (κ3) is 4.27. The zero-order valence-electron chi connectivity index (χ0n) is 13.6. The molecule has 1 aromatic rings. The van der Waals surface area contributed by atoms with Crippen molar-refractivity contribution in [3.05, 3.63) is 48.2 Å². The molecule has 0 radical (unpaired) electrons. The van der Waals surface area contributed by atoms with Gasteiger partial charge in [0.05, 0.1) is 0 Å². The van der Waals surface area contributed by atoms with E-state index in [-0.39, 0.29) is 5.54 Å². The molecule has 0 aromatic heterocycles. The van der Waals surface area contributed by atoms with Crippen LogP contribution >= 0.6 is 0 Å². The fraction of sp³-hybridized carbons (Fsp3) is 0.444. The third-order valence-corrected chi connectivity index (χ3v) is 2.59. The summed E-state index contributed by atoms with van der Waals surface area (Å²) in [5.41, 5.74) is 3.64. The van der Waals surface area contributed by atoms with Gasteiger partial charge in [0.1, 0.15) is 0 Å². The Balaban J connectivity index is 0.000000741. The summed E-state index contributed by atoms with van der Waals surface area (Å²) in [5.74, 6) is 0. The smallest absolute Gasteiger partial charge is 0.0489 e. The maximum absolute atomic E-state index is 4.10. The topological polar surface area (TPSA) is 3.24 Å². The van der Waals surface area contributed by atoms with Crippen molar-refractivity contribution in [1.82, 2.24) is 0 Å². The van der Waals surface area contributed by atoms with E-state index in [1.54, 1.807) is 0 Å². The highest BCUT2D eigenvalue weighted by Gasteiger charge is 2.26. The zero-order valence-corrected chi connectivity index (χ0v) is 13.6. The molecule has 1 aliphatic heterocycles. The van der Waals surface area contributed by atoms with Gasteiger partial charge in [0, 0.05) is 16.9 Å². The number of hydrogen-bond acceptors (Lipinski definition) is 1. The van der Waals surface area contributed by atoms with E-state index >= 15 is 0 Å². The first kappa shape index (κ1) is 17.5. The fourth-order valence-electron chi connectivity index (χ4n) is 2.04. The number of benzene rings is 1. The molecule has 1 heteroatoms. The van der Waals surface area contributed by atoms with Crippen LogP contribution in [0.2, 0.25) is 0 Å². The molecule has 0 amide bonds. The average Bonchev–Trinajstić information content (AvgIpc) is 2.41. The van der Waals surface area contributed by atoms with E-state index in [9.17, 15) is 0 Å². The van der Waals surface area contributed by atoms with Gasteiger partial charge in [-0.15, -0.1) is 0 Å². The lowest BCUT2D eigenvalue weighted by Gasteiger charge is -2.40. The van der Waals surface area contributed by atoms with Crippen molar-refractivity contribution in [3.8, 4) is 0 Å². The van der Waals surface area contributed by atoms with Gasteiger partial charge in [0.15, 0.2) is 0 Å². The van der Waals surface area contributed by atoms with Gasteiger partial charge in [-0.05, 0) is 38.5 Å². The van der Waals surface area contributed by atoms with Crippen LogP contribution in [0.25, 0.3) is 6.08 Å². The Morgan fingerprint density at radius 2 is 1.42 bits per heavy atom. The number of fused-ring (bicyclic) bond motifs is 1. The van der Waals surface area contributed by atoms with Gasteiger partial charge in [-0.2, -0.15) is 0 Å². The fourth-order valence-corrected chi connectivity index (χ4v) is 2.04. The summed E-state index contributed by atoms with van der Waals surface area (Å²) in [6, 6.07) is 8.42. The first-order valence-electron chi connectivity index (χ1n) is 7.26. The van der Waals surface area contributed by atoms with E-state index in [0.29, 0.717) is 0 Å². The number of para-hydroxylation sites is 1. The van der Waals surface area contributed by atoms with Crippen LogP contribution in [0.4, 0.5) is 5.69 Å². The van der Waals surface area contributed by atoms with Crippen molar-refractivity contribution in [2.75, 3.05) is 4.90 Å². The van der Waals surface area contributed by atoms with Crippen LogP contribution in [0.15, 0.2) is 42.6 Å². The summed E-state index contributed by atoms with van der Waals surface area (Å²) >= 11 is 0.